The smallest absolute Gasteiger partial charge is 0.330 e. The number of fused-ring (bicyclic) bond motifs is 1. The molecule has 0 atom stereocenters. The van der Waals surface area contributed by atoms with Gasteiger partial charge in [-0.25, -0.2) is 9.78 Å². The fourth-order valence-corrected chi connectivity index (χ4v) is 4.26. The Hall–Kier alpha value is -3.84. The zero-order valence-electron chi connectivity index (χ0n) is 16.6. The summed E-state index contributed by atoms with van der Waals surface area (Å²) >= 11 is 1.54. The largest absolute Gasteiger partial charge is 0.344 e. The number of carbonyl (C=O) groups excluding carboxylic acids is 1. The van der Waals surface area contributed by atoms with E-state index in [4.69, 9.17) is 4.98 Å². The molecule has 2 aromatic heterocycles. The van der Waals surface area contributed by atoms with Crippen molar-refractivity contribution in [2.75, 3.05) is 0 Å². The summed E-state index contributed by atoms with van der Waals surface area (Å²) < 4.78 is 1.28. The van der Waals surface area contributed by atoms with Gasteiger partial charge in [-0.3, -0.25) is 0 Å². The lowest BCUT2D eigenvalue weighted by Gasteiger charge is -2.08. The van der Waals surface area contributed by atoms with Gasteiger partial charge < -0.3 is 5.32 Å². The Kier molecular flexibility index (Phi) is 5.24. The van der Waals surface area contributed by atoms with Gasteiger partial charge in [0.15, 0.2) is 0 Å². The Balaban J connectivity index is 1.28. The molecule has 31 heavy (non-hydrogen) atoms. The van der Waals surface area contributed by atoms with Gasteiger partial charge in [-0.2, -0.15) is 4.68 Å². The predicted molar refractivity (Wildman–Crippen MR) is 122 cm³/mol. The molecule has 0 bridgehead atoms. The van der Waals surface area contributed by atoms with Gasteiger partial charge in [0.05, 0.1) is 17.8 Å². The Labute approximate surface area is 183 Å². The first kappa shape index (κ1) is 19.1. The number of rotatable bonds is 5. The van der Waals surface area contributed by atoms with Crippen molar-refractivity contribution in [2.45, 2.75) is 13.0 Å². The summed E-state index contributed by atoms with van der Waals surface area (Å²) in [6.45, 7) is 0.345. The van der Waals surface area contributed by atoms with Crippen molar-refractivity contribution >= 4 is 28.4 Å². The highest BCUT2D eigenvalue weighted by atomic mass is 32.1. The van der Waals surface area contributed by atoms with Gasteiger partial charge in [0, 0.05) is 11.8 Å². The molecule has 0 spiro atoms. The monoisotopic (exact) mass is 425 g/mol. The number of carbonyl (C=O) groups is 1. The number of para-hydroxylation sites is 1. The number of aromatic nitrogens is 4. The lowest BCUT2D eigenvalue weighted by molar-refractivity contribution is 0.239. The van der Waals surface area contributed by atoms with Gasteiger partial charge in [0.25, 0.3) is 0 Å². The van der Waals surface area contributed by atoms with Gasteiger partial charge in [-0.05, 0) is 28.8 Å². The van der Waals surface area contributed by atoms with E-state index in [1.807, 2.05) is 47.8 Å². The van der Waals surface area contributed by atoms with E-state index < -0.39 is 0 Å². The third-order valence-corrected chi connectivity index (χ3v) is 5.91. The first-order valence-corrected chi connectivity index (χ1v) is 10.8. The van der Waals surface area contributed by atoms with Crippen LogP contribution in [0.15, 0.2) is 84.2 Å². The molecule has 0 fully saturated rings. The van der Waals surface area contributed by atoms with Gasteiger partial charge in [0.1, 0.15) is 10.5 Å². The number of nitrogens with one attached hydrogen (secondary N) is 1. The number of thiazole rings is 1. The fourth-order valence-electron chi connectivity index (χ4n) is 3.53. The molecule has 0 aliphatic rings. The van der Waals surface area contributed by atoms with E-state index in [0.717, 1.165) is 17.1 Å². The highest BCUT2D eigenvalue weighted by molar-refractivity contribution is 7.09. The van der Waals surface area contributed by atoms with Crippen molar-refractivity contribution in [3.63, 3.8) is 0 Å². The maximum atomic E-state index is 12.5. The first-order chi connectivity index (χ1) is 15.3. The summed E-state index contributed by atoms with van der Waals surface area (Å²) in [6, 6.07) is 25.8. The lowest BCUT2D eigenvalue weighted by atomic mass is 9.97. The van der Waals surface area contributed by atoms with Crippen LogP contribution in [0, 0.1) is 0 Å². The molecule has 0 radical (unpaired) electrons. The predicted octanol–water partition coefficient (Wildman–Crippen LogP) is 4.90. The van der Waals surface area contributed by atoms with Crippen LogP contribution < -0.4 is 5.32 Å². The number of hydrogen-bond acceptors (Lipinski definition) is 5. The van der Waals surface area contributed by atoms with Crippen LogP contribution in [0.2, 0.25) is 0 Å². The van der Waals surface area contributed by atoms with Crippen LogP contribution in [0.25, 0.3) is 22.2 Å². The molecule has 0 saturated heterocycles. The van der Waals surface area contributed by atoms with Crippen molar-refractivity contribution in [1.29, 1.82) is 0 Å². The van der Waals surface area contributed by atoms with Crippen molar-refractivity contribution < 1.29 is 4.79 Å². The molecule has 7 heteroatoms. The number of amides is 1. The van der Waals surface area contributed by atoms with Crippen LogP contribution in [0.3, 0.4) is 0 Å². The maximum Gasteiger partial charge on any atom is 0.344 e. The molecule has 0 saturated carbocycles. The minimum absolute atomic E-state index is 0.320. The minimum Gasteiger partial charge on any atom is -0.330 e. The molecule has 5 aromatic rings. The molecule has 1 N–H and O–H groups in total. The molecule has 0 aliphatic carbocycles. The standard InChI is InChI=1S/C24H19N5OS/c30-24(29-22-13-7-6-12-21(22)27-28-29)25-15-23-26-19(16-31-23)14-18-10-4-5-11-20(18)17-8-2-1-3-9-17/h1-13,16H,14-15H2,(H,25,30). The Morgan fingerprint density at radius 2 is 1.71 bits per heavy atom. The maximum absolute atomic E-state index is 12.5. The van der Waals surface area contributed by atoms with Crippen molar-refractivity contribution in [3.8, 4) is 11.1 Å². The van der Waals surface area contributed by atoms with Gasteiger partial charge in [-0.1, -0.05) is 71.9 Å². The second-order valence-electron chi connectivity index (χ2n) is 7.08. The minimum atomic E-state index is -0.320. The SMILES string of the molecule is O=C(NCc1nc(Cc2ccccc2-c2ccccc2)cs1)n1nnc2ccccc21. The van der Waals surface area contributed by atoms with Crippen LogP contribution >= 0.6 is 11.3 Å². The number of nitrogens with zero attached hydrogens (tertiary/aromatic N) is 4. The molecule has 0 aliphatic heterocycles. The Morgan fingerprint density at radius 3 is 2.61 bits per heavy atom. The van der Waals surface area contributed by atoms with Crippen LogP contribution in [-0.2, 0) is 13.0 Å². The first-order valence-electron chi connectivity index (χ1n) is 9.93. The third kappa shape index (κ3) is 4.08. The number of hydrogen-bond donors (Lipinski definition) is 1. The molecular formula is C24H19N5OS. The molecule has 6 nitrogen and oxygen atoms in total. The number of benzene rings is 3. The van der Waals surface area contributed by atoms with Crippen LogP contribution in [-0.4, -0.2) is 26.0 Å². The highest BCUT2D eigenvalue weighted by Gasteiger charge is 2.13. The zero-order valence-corrected chi connectivity index (χ0v) is 17.4. The van der Waals surface area contributed by atoms with Crippen LogP contribution in [0.5, 0.6) is 0 Å². The zero-order chi connectivity index (χ0) is 21.0. The average Bonchev–Trinajstić information content (AvgIpc) is 3.45. The van der Waals surface area contributed by atoms with E-state index in [2.05, 4.69) is 52.0 Å². The van der Waals surface area contributed by atoms with E-state index in [9.17, 15) is 4.79 Å². The second-order valence-corrected chi connectivity index (χ2v) is 8.02. The van der Waals surface area contributed by atoms with Crippen molar-refractivity contribution in [1.82, 2.24) is 25.3 Å². The quantitative estimate of drug-likeness (QED) is 0.435. The van der Waals surface area contributed by atoms with E-state index in [0.29, 0.717) is 17.6 Å². The van der Waals surface area contributed by atoms with Crippen LogP contribution in [0.1, 0.15) is 16.3 Å². The van der Waals surface area contributed by atoms with E-state index >= 15 is 0 Å². The van der Waals surface area contributed by atoms with Crippen molar-refractivity contribution in [3.05, 3.63) is 101 Å². The van der Waals surface area contributed by atoms with E-state index in [1.165, 1.54) is 21.4 Å². The van der Waals surface area contributed by atoms with E-state index in [1.54, 1.807) is 11.3 Å². The molecule has 0 unspecified atom stereocenters. The van der Waals surface area contributed by atoms with Crippen LogP contribution in [0.4, 0.5) is 4.79 Å². The molecule has 152 valence electrons. The molecular weight excluding hydrogens is 406 g/mol. The van der Waals surface area contributed by atoms with Crippen molar-refractivity contribution in [2.24, 2.45) is 0 Å². The van der Waals surface area contributed by atoms with Gasteiger partial charge in [0.2, 0.25) is 0 Å². The van der Waals surface area contributed by atoms with Gasteiger partial charge in [-0.15, -0.1) is 16.4 Å². The fraction of sp³-hybridized carbons (Fsp3) is 0.0833. The molecule has 2 heterocycles. The summed E-state index contributed by atoms with van der Waals surface area (Å²) in [5.41, 5.74) is 5.99. The highest BCUT2D eigenvalue weighted by Crippen LogP contribution is 2.26. The van der Waals surface area contributed by atoms with Gasteiger partial charge >= 0.3 is 6.03 Å². The van der Waals surface area contributed by atoms with E-state index in [-0.39, 0.29) is 6.03 Å². The summed E-state index contributed by atoms with van der Waals surface area (Å²) in [7, 11) is 0. The average molecular weight is 426 g/mol. The summed E-state index contributed by atoms with van der Waals surface area (Å²) in [4.78, 5) is 17.2. The molecule has 3 aromatic carbocycles. The summed E-state index contributed by atoms with van der Waals surface area (Å²) in [5, 5.41) is 13.7. The molecule has 5 rings (SSSR count). The molecule has 1 amide bonds. The summed E-state index contributed by atoms with van der Waals surface area (Å²) in [6.07, 6.45) is 0.739. The Bertz CT molecular complexity index is 1340. The normalized spacial score (nSPS) is 11.0. The Morgan fingerprint density at radius 1 is 0.935 bits per heavy atom. The summed E-state index contributed by atoms with van der Waals surface area (Å²) in [5.74, 6) is 0. The lowest BCUT2D eigenvalue weighted by Crippen LogP contribution is -2.28. The topological polar surface area (TPSA) is 72.7 Å². The second kappa shape index (κ2) is 8.49. The third-order valence-electron chi connectivity index (χ3n) is 5.01.